The number of guanidine groups is 1. The summed E-state index contributed by atoms with van der Waals surface area (Å²) in [6, 6.07) is 13.7. The van der Waals surface area contributed by atoms with E-state index in [0.29, 0.717) is 18.3 Å². The molecule has 1 unspecified atom stereocenters. The highest BCUT2D eigenvalue weighted by Crippen LogP contribution is 2.20. The van der Waals surface area contributed by atoms with E-state index in [1.807, 2.05) is 45.0 Å². The number of aliphatic hydroxyl groups excluding tert-OH is 1. The minimum Gasteiger partial charge on any atom is -0.491 e. The SMILES string of the molecule is CCNC(=NCc1cccc([N+](=O)[O-])c1)NCC(O)c1cccc(OC(C)C)c1.I. The average Bonchev–Trinajstić information content (AvgIpc) is 2.69. The largest absolute Gasteiger partial charge is 0.491 e. The first kappa shape index (κ1) is 25.6. The first-order chi connectivity index (χ1) is 13.9. The second-order valence-corrected chi connectivity index (χ2v) is 6.76. The van der Waals surface area contributed by atoms with Crippen molar-refractivity contribution in [1.29, 1.82) is 0 Å². The van der Waals surface area contributed by atoms with E-state index in [4.69, 9.17) is 4.74 Å². The van der Waals surface area contributed by atoms with Crippen molar-refractivity contribution in [2.24, 2.45) is 4.99 Å². The van der Waals surface area contributed by atoms with Gasteiger partial charge in [0.2, 0.25) is 0 Å². The fourth-order valence-corrected chi connectivity index (χ4v) is 2.66. The summed E-state index contributed by atoms with van der Waals surface area (Å²) in [5.41, 5.74) is 1.51. The summed E-state index contributed by atoms with van der Waals surface area (Å²) in [4.78, 5) is 14.9. The lowest BCUT2D eigenvalue weighted by Crippen LogP contribution is -2.39. The van der Waals surface area contributed by atoms with Crippen molar-refractivity contribution in [2.75, 3.05) is 13.1 Å². The maximum absolute atomic E-state index is 10.9. The van der Waals surface area contributed by atoms with E-state index < -0.39 is 11.0 Å². The van der Waals surface area contributed by atoms with Crippen molar-refractivity contribution >= 4 is 35.6 Å². The van der Waals surface area contributed by atoms with E-state index in [-0.39, 0.29) is 48.9 Å². The highest BCUT2D eigenvalue weighted by molar-refractivity contribution is 14.0. The summed E-state index contributed by atoms with van der Waals surface area (Å²) in [5.74, 6) is 1.23. The van der Waals surface area contributed by atoms with Gasteiger partial charge in [-0.05, 0) is 44.0 Å². The lowest BCUT2D eigenvalue weighted by Gasteiger charge is -2.17. The lowest BCUT2D eigenvalue weighted by atomic mass is 10.1. The molecule has 2 aromatic carbocycles. The third-order valence-corrected chi connectivity index (χ3v) is 3.96. The molecule has 30 heavy (non-hydrogen) atoms. The van der Waals surface area contributed by atoms with Crippen LogP contribution in [-0.4, -0.2) is 35.2 Å². The number of nitrogens with one attached hydrogen (secondary N) is 2. The van der Waals surface area contributed by atoms with Crippen molar-refractivity contribution in [3.63, 3.8) is 0 Å². The van der Waals surface area contributed by atoms with Gasteiger partial charge in [0, 0.05) is 25.2 Å². The molecule has 0 fully saturated rings. The first-order valence-electron chi connectivity index (χ1n) is 9.59. The number of rotatable bonds is 9. The van der Waals surface area contributed by atoms with Gasteiger partial charge < -0.3 is 20.5 Å². The number of aliphatic hydroxyl groups is 1. The third kappa shape index (κ3) is 8.54. The number of nitro groups is 1. The number of benzene rings is 2. The molecule has 2 aromatic rings. The topological polar surface area (TPSA) is 109 Å². The minimum absolute atomic E-state index is 0. The number of halogens is 1. The molecule has 0 aliphatic rings. The van der Waals surface area contributed by atoms with E-state index in [1.165, 1.54) is 12.1 Å². The zero-order valence-electron chi connectivity index (χ0n) is 17.4. The van der Waals surface area contributed by atoms with Gasteiger partial charge in [0.25, 0.3) is 5.69 Å². The quantitative estimate of drug-likeness (QED) is 0.150. The molecule has 0 saturated carbocycles. The van der Waals surface area contributed by atoms with Crippen LogP contribution in [0.3, 0.4) is 0 Å². The number of nitro benzene ring substituents is 1. The Morgan fingerprint density at radius 2 is 1.93 bits per heavy atom. The van der Waals surface area contributed by atoms with Crippen LogP contribution in [0.5, 0.6) is 5.75 Å². The Bertz CT molecular complexity index is 845. The van der Waals surface area contributed by atoms with Gasteiger partial charge in [-0.1, -0.05) is 24.3 Å². The van der Waals surface area contributed by atoms with Gasteiger partial charge in [-0.2, -0.15) is 0 Å². The Balaban J connectivity index is 0.00000450. The van der Waals surface area contributed by atoms with E-state index in [2.05, 4.69) is 15.6 Å². The molecule has 1 atom stereocenters. The Labute approximate surface area is 193 Å². The van der Waals surface area contributed by atoms with E-state index in [0.717, 1.165) is 11.1 Å². The molecule has 0 spiro atoms. The van der Waals surface area contributed by atoms with Crippen LogP contribution in [0, 0.1) is 10.1 Å². The highest BCUT2D eigenvalue weighted by atomic mass is 127. The Morgan fingerprint density at radius 1 is 1.20 bits per heavy atom. The van der Waals surface area contributed by atoms with E-state index in [9.17, 15) is 15.2 Å². The molecule has 9 heteroatoms. The molecule has 0 amide bonds. The Morgan fingerprint density at radius 3 is 2.60 bits per heavy atom. The van der Waals surface area contributed by atoms with Crippen LogP contribution >= 0.6 is 24.0 Å². The lowest BCUT2D eigenvalue weighted by molar-refractivity contribution is -0.384. The molecular formula is C21H29IN4O4. The van der Waals surface area contributed by atoms with Gasteiger partial charge in [0.15, 0.2) is 5.96 Å². The normalized spacial score (nSPS) is 12.1. The second-order valence-electron chi connectivity index (χ2n) is 6.76. The van der Waals surface area contributed by atoms with Crippen LogP contribution < -0.4 is 15.4 Å². The number of hydrogen-bond acceptors (Lipinski definition) is 5. The van der Waals surface area contributed by atoms with Crippen LogP contribution in [0.15, 0.2) is 53.5 Å². The molecule has 0 aromatic heterocycles. The maximum Gasteiger partial charge on any atom is 0.269 e. The summed E-state index contributed by atoms with van der Waals surface area (Å²) in [6.07, 6.45) is -0.686. The minimum atomic E-state index is -0.743. The summed E-state index contributed by atoms with van der Waals surface area (Å²) in [6.45, 7) is 7.02. The number of ether oxygens (including phenoxy) is 1. The monoisotopic (exact) mass is 528 g/mol. The van der Waals surface area contributed by atoms with Gasteiger partial charge in [-0.25, -0.2) is 4.99 Å². The Kier molecular flexibility index (Phi) is 11.1. The molecule has 0 radical (unpaired) electrons. The molecule has 164 valence electrons. The molecule has 0 bridgehead atoms. The van der Waals surface area contributed by atoms with Crippen molar-refractivity contribution < 1.29 is 14.8 Å². The van der Waals surface area contributed by atoms with Crippen LogP contribution in [0.1, 0.15) is 38.0 Å². The number of aliphatic imine (C=N–C) groups is 1. The Hall–Kier alpha value is -2.40. The fraction of sp³-hybridized carbons (Fsp3) is 0.381. The standard InChI is InChI=1S/C21H28N4O4.HI/c1-4-22-21(23-13-16-7-5-9-18(11-16)25(27)28)24-14-20(26)17-8-6-10-19(12-17)29-15(2)3;/h5-12,15,20,26H,4,13-14H2,1-3H3,(H2,22,23,24);1H. The number of non-ortho nitro benzene ring substituents is 1. The predicted octanol–water partition coefficient (Wildman–Crippen LogP) is 3.79. The summed E-state index contributed by atoms with van der Waals surface area (Å²) in [7, 11) is 0. The van der Waals surface area contributed by atoms with E-state index in [1.54, 1.807) is 12.1 Å². The van der Waals surface area contributed by atoms with Gasteiger partial charge in [0.1, 0.15) is 5.75 Å². The highest BCUT2D eigenvalue weighted by Gasteiger charge is 2.11. The van der Waals surface area contributed by atoms with Gasteiger partial charge in [0.05, 0.1) is 23.7 Å². The zero-order chi connectivity index (χ0) is 21.2. The van der Waals surface area contributed by atoms with Gasteiger partial charge >= 0.3 is 0 Å². The maximum atomic E-state index is 10.9. The zero-order valence-corrected chi connectivity index (χ0v) is 19.7. The molecule has 0 aliphatic heterocycles. The van der Waals surface area contributed by atoms with Crippen LogP contribution in [0.2, 0.25) is 0 Å². The van der Waals surface area contributed by atoms with Crippen LogP contribution in [0.4, 0.5) is 5.69 Å². The molecule has 0 aliphatic carbocycles. The van der Waals surface area contributed by atoms with Crippen LogP contribution in [-0.2, 0) is 6.54 Å². The smallest absolute Gasteiger partial charge is 0.269 e. The third-order valence-electron chi connectivity index (χ3n) is 3.96. The molecule has 0 saturated heterocycles. The molecule has 0 heterocycles. The molecule has 8 nitrogen and oxygen atoms in total. The summed E-state index contributed by atoms with van der Waals surface area (Å²) >= 11 is 0. The van der Waals surface area contributed by atoms with E-state index >= 15 is 0 Å². The molecule has 3 N–H and O–H groups in total. The number of nitrogens with zero attached hydrogens (tertiary/aromatic N) is 2. The first-order valence-corrected chi connectivity index (χ1v) is 9.59. The second kappa shape index (κ2) is 13.0. The number of hydrogen-bond donors (Lipinski definition) is 3. The van der Waals surface area contributed by atoms with Crippen LogP contribution in [0.25, 0.3) is 0 Å². The average molecular weight is 528 g/mol. The van der Waals surface area contributed by atoms with Gasteiger partial charge in [-0.15, -0.1) is 24.0 Å². The van der Waals surface area contributed by atoms with Crippen molar-refractivity contribution in [3.05, 3.63) is 69.8 Å². The van der Waals surface area contributed by atoms with Crippen molar-refractivity contribution in [1.82, 2.24) is 10.6 Å². The fourth-order valence-electron chi connectivity index (χ4n) is 2.66. The predicted molar refractivity (Wildman–Crippen MR) is 128 cm³/mol. The molecular weight excluding hydrogens is 499 g/mol. The van der Waals surface area contributed by atoms with Crippen molar-refractivity contribution in [2.45, 2.75) is 39.5 Å². The van der Waals surface area contributed by atoms with Gasteiger partial charge in [-0.3, -0.25) is 10.1 Å². The molecule has 2 rings (SSSR count). The summed E-state index contributed by atoms with van der Waals surface area (Å²) < 4.78 is 5.67. The summed E-state index contributed by atoms with van der Waals surface area (Å²) in [5, 5.41) is 27.6. The van der Waals surface area contributed by atoms with Crippen molar-refractivity contribution in [3.8, 4) is 5.75 Å².